The van der Waals surface area contributed by atoms with Gasteiger partial charge < -0.3 is 10.1 Å². The highest BCUT2D eigenvalue weighted by Gasteiger charge is 2.17. The van der Waals surface area contributed by atoms with Crippen LogP contribution < -0.4 is 5.32 Å². The second-order valence-electron chi connectivity index (χ2n) is 5.83. The van der Waals surface area contributed by atoms with Gasteiger partial charge in [-0.1, -0.05) is 50.8 Å². The summed E-state index contributed by atoms with van der Waals surface area (Å²) in [5, 5.41) is 2.98. The van der Waals surface area contributed by atoms with Gasteiger partial charge in [0.15, 0.2) is 0 Å². The predicted octanol–water partition coefficient (Wildman–Crippen LogP) is 4.19. The van der Waals surface area contributed by atoms with Gasteiger partial charge in [-0.05, 0) is 18.6 Å². The van der Waals surface area contributed by atoms with Crippen LogP contribution in [0.15, 0.2) is 35.2 Å². The number of carbonyl (C=O) groups excluding carboxylic acids is 2. The number of hydrogen-bond acceptors (Lipinski definition) is 4. The van der Waals surface area contributed by atoms with E-state index in [0.717, 1.165) is 17.7 Å². The molecule has 0 aromatic heterocycles. The summed E-state index contributed by atoms with van der Waals surface area (Å²) in [6.07, 6.45) is 6.32. The van der Waals surface area contributed by atoms with Crippen LogP contribution in [0.5, 0.6) is 0 Å². The third-order valence-corrected chi connectivity index (χ3v) is 4.88. The fourth-order valence-corrected chi connectivity index (χ4v) is 3.28. The first-order chi connectivity index (χ1) is 11.7. The van der Waals surface area contributed by atoms with Crippen molar-refractivity contribution in [3.05, 3.63) is 30.3 Å². The van der Waals surface area contributed by atoms with Gasteiger partial charge in [-0.15, -0.1) is 11.8 Å². The van der Waals surface area contributed by atoms with Crippen LogP contribution in [-0.4, -0.2) is 30.8 Å². The second kappa shape index (κ2) is 12.9. The van der Waals surface area contributed by atoms with Gasteiger partial charge in [-0.3, -0.25) is 9.59 Å². The van der Waals surface area contributed by atoms with Crippen molar-refractivity contribution in [2.75, 3.05) is 12.9 Å². The number of ether oxygens (including phenoxy) is 1. The maximum absolute atomic E-state index is 12.1. The molecule has 0 spiro atoms. The molecule has 0 fully saturated rings. The van der Waals surface area contributed by atoms with E-state index in [1.54, 1.807) is 11.8 Å². The number of methoxy groups -OCH3 is 1. The Kier molecular flexibility index (Phi) is 11.0. The zero-order valence-corrected chi connectivity index (χ0v) is 15.6. The van der Waals surface area contributed by atoms with Gasteiger partial charge in [0.1, 0.15) is 0 Å². The largest absolute Gasteiger partial charge is 0.469 e. The van der Waals surface area contributed by atoms with E-state index in [-0.39, 0.29) is 24.3 Å². The summed E-state index contributed by atoms with van der Waals surface area (Å²) in [5.41, 5.74) is 0. The highest BCUT2D eigenvalue weighted by Crippen LogP contribution is 2.19. The molecule has 0 saturated carbocycles. The fraction of sp³-hybridized carbons (Fsp3) is 0.579. The van der Waals surface area contributed by atoms with Crippen LogP contribution in [0.3, 0.4) is 0 Å². The Morgan fingerprint density at radius 1 is 1.12 bits per heavy atom. The number of rotatable bonds is 12. The van der Waals surface area contributed by atoms with E-state index in [0.29, 0.717) is 12.2 Å². The van der Waals surface area contributed by atoms with E-state index >= 15 is 0 Å². The Morgan fingerprint density at radius 2 is 1.83 bits per heavy atom. The van der Waals surface area contributed by atoms with Crippen molar-refractivity contribution in [3.63, 3.8) is 0 Å². The van der Waals surface area contributed by atoms with Crippen LogP contribution in [0, 0.1) is 0 Å². The number of hydrogen-bond donors (Lipinski definition) is 1. The van der Waals surface area contributed by atoms with E-state index in [2.05, 4.69) is 12.2 Å². The van der Waals surface area contributed by atoms with Crippen molar-refractivity contribution < 1.29 is 14.3 Å². The lowest BCUT2D eigenvalue weighted by molar-refractivity contribution is -0.141. The van der Waals surface area contributed by atoms with Gasteiger partial charge in [0, 0.05) is 23.1 Å². The zero-order chi connectivity index (χ0) is 17.6. The van der Waals surface area contributed by atoms with Gasteiger partial charge in [0.25, 0.3) is 0 Å². The van der Waals surface area contributed by atoms with Crippen LogP contribution >= 0.6 is 11.8 Å². The summed E-state index contributed by atoms with van der Waals surface area (Å²) in [6, 6.07) is 9.77. The van der Waals surface area contributed by atoms with Crippen LogP contribution in [0.2, 0.25) is 0 Å². The van der Waals surface area contributed by atoms with E-state index in [1.807, 2.05) is 30.3 Å². The molecule has 1 aromatic rings. The molecular formula is C19H29NO3S. The molecule has 0 aliphatic heterocycles. The molecule has 0 bridgehead atoms. The summed E-state index contributed by atoms with van der Waals surface area (Å²) in [6.45, 7) is 2.18. The molecule has 1 aromatic carbocycles. The molecule has 4 nitrogen and oxygen atoms in total. The normalized spacial score (nSPS) is 11.8. The molecule has 24 heavy (non-hydrogen) atoms. The van der Waals surface area contributed by atoms with Crippen molar-refractivity contribution in [2.45, 2.75) is 62.8 Å². The molecule has 0 aliphatic carbocycles. The van der Waals surface area contributed by atoms with Crippen molar-refractivity contribution in [1.82, 2.24) is 5.32 Å². The summed E-state index contributed by atoms with van der Waals surface area (Å²) in [5.74, 6) is 0.381. The molecule has 1 unspecified atom stereocenters. The summed E-state index contributed by atoms with van der Waals surface area (Å²) in [7, 11) is 1.37. The second-order valence-corrected chi connectivity index (χ2v) is 6.93. The van der Waals surface area contributed by atoms with Crippen LogP contribution in [0.4, 0.5) is 0 Å². The molecule has 5 heteroatoms. The Bertz CT molecular complexity index is 479. The Hall–Kier alpha value is -1.49. The third-order valence-electron chi connectivity index (χ3n) is 3.71. The first-order valence-electron chi connectivity index (χ1n) is 8.69. The fourth-order valence-electron chi connectivity index (χ4n) is 2.34. The highest BCUT2D eigenvalue weighted by molar-refractivity contribution is 7.99. The number of thioether (sulfide) groups is 1. The predicted molar refractivity (Wildman–Crippen MR) is 99.1 cm³/mol. The highest BCUT2D eigenvalue weighted by atomic mass is 32.2. The molecule has 1 amide bonds. The molecule has 134 valence electrons. The Labute approximate surface area is 149 Å². The van der Waals surface area contributed by atoms with E-state index in [4.69, 9.17) is 4.74 Å². The molecule has 0 radical (unpaired) electrons. The number of benzene rings is 1. The summed E-state index contributed by atoms with van der Waals surface area (Å²) < 4.78 is 4.74. The lowest BCUT2D eigenvalue weighted by atomic mass is 10.1. The first kappa shape index (κ1) is 20.6. The van der Waals surface area contributed by atoms with Crippen molar-refractivity contribution in [2.24, 2.45) is 0 Å². The number of esters is 1. The average Bonchev–Trinajstić information content (AvgIpc) is 2.60. The maximum atomic E-state index is 12.1. The van der Waals surface area contributed by atoms with Gasteiger partial charge >= 0.3 is 5.97 Å². The molecule has 1 N–H and O–H groups in total. The number of amides is 1. The minimum absolute atomic E-state index is 0.0223. The number of carbonyl (C=O) groups is 2. The van der Waals surface area contributed by atoms with Crippen LogP contribution in [0.25, 0.3) is 0 Å². The lowest BCUT2D eigenvalue weighted by Gasteiger charge is -2.17. The maximum Gasteiger partial charge on any atom is 0.307 e. The Morgan fingerprint density at radius 3 is 2.50 bits per heavy atom. The SMILES string of the molecule is CCCCCCCC(=O)NC(CSc1ccccc1)CC(=O)OC. The number of nitrogens with one attached hydrogen (secondary N) is 1. The molecule has 0 heterocycles. The van der Waals surface area contributed by atoms with E-state index in [1.165, 1.54) is 26.4 Å². The van der Waals surface area contributed by atoms with E-state index < -0.39 is 0 Å². The Balaban J connectivity index is 2.40. The smallest absolute Gasteiger partial charge is 0.307 e. The van der Waals surface area contributed by atoms with Crippen molar-refractivity contribution in [3.8, 4) is 0 Å². The topological polar surface area (TPSA) is 55.4 Å². The standard InChI is InChI=1S/C19H29NO3S/c1-3-4-5-6-10-13-18(21)20-16(14-19(22)23-2)15-24-17-11-8-7-9-12-17/h7-9,11-12,16H,3-6,10,13-15H2,1-2H3,(H,20,21). The third kappa shape index (κ3) is 9.60. The van der Waals surface area contributed by atoms with E-state index in [9.17, 15) is 9.59 Å². The zero-order valence-electron chi connectivity index (χ0n) is 14.8. The molecule has 1 rings (SSSR count). The van der Waals surface area contributed by atoms with Gasteiger partial charge in [-0.25, -0.2) is 0 Å². The minimum atomic E-state index is -0.295. The first-order valence-corrected chi connectivity index (χ1v) is 9.68. The minimum Gasteiger partial charge on any atom is -0.469 e. The van der Waals surface area contributed by atoms with Gasteiger partial charge in [0.2, 0.25) is 5.91 Å². The van der Waals surface area contributed by atoms with Crippen LogP contribution in [0.1, 0.15) is 51.9 Å². The molecule has 0 saturated heterocycles. The molecule has 0 aliphatic rings. The summed E-state index contributed by atoms with van der Waals surface area (Å²) >= 11 is 1.64. The van der Waals surface area contributed by atoms with Gasteiger partial charge in [0.05, 0.1) is 13.5 Å². The van der Waals surface area contributed by atoms with Crippen LogP contribution in [-0.2, 0) is 14.3 Å². The quantitative estimate of drug-likeness (QED) is 0.348. The monoisotopic (exact) mass is 351 g/mol. The molecular weight excluding hydrogens is 322 g/mol. The lowest BCUT2D eigenvalue weighted by Crippen LogP contribution is -2.38. The van der Waals surface area contributed by atoms with Crippen molar-refractivity contribution in [1.29, 1.82) is 0 Å². The van der Waals surface area contributed by atoms with Gasteiger partial charge in [-0.2, -0.15) is 0 Å². The van der Waals surface area contributed by atoms with Crippen molar-refractivity contribution >= 4 is 23.6 Å². The molecule has 1 atom stereocenters. The average molecular weight is 352 g/mol. The number of unbranched alkanes of at least 4 members (excludes halogenated alkanes) is 4. The summed E-state index contributed by atoms with van der Waals surface area (Å²) in [4.78, 5) is 24.8.